The van der Waals surface area contributed by atoms with Crippen LogP contribution in [0.5, 0.6) is 0 Å². The average Bonchev–Trinajstić information content (AvgIpc) is 2.85. The minimum Gasteiger partial charge on any atom is -0.461 e. The van der Waals surface area contributed by atoms with Crippen LogP contribution in [0.25, 0.3) is 0 Å². The van der Waals surface area contributed by atoms with E-state index in [4.69, 9.17) is 26.8 Å². The molecule has 4 N–H and O–H groups in total. The van der Waals surface area contributed by atoms with E-state index in [-0.39, 0.29) is 46.0 Å². The maximum Gasteiger partial charge on any atom is 0.310 e. The Morgan fingerprint density at radius 2 is 1.97 bits per heavy atom. The van der Waals surface area contributed by atoms with E-state index in [9.17, 15) is 22.8 Å². The van der Waals surface area contributed by atoms with Crippen molar-refractivity contribution in [1.82, 2.24) is 15.2 Å². The van der Waals surface area contributed by atoms with Crippen LogP contribution in [0.3, 0.4) is 0 Å². The van der Waals surface area contributed by atoms with Crippen molar-refractivity contribution in [1.29, 1.82) is 0 Å². The number of ether oxygens (including phenoxy) is 2. The summed E-state index contributed by atoms with van der Waals surface area (Å²) >= 11 is 5.94. The van der Waals surface area contributed by atoms with Crippen LogP contribution in [-0.4, -0.2) is 75.3 Å². The van der Waals surface area contributed by atoms with E-state index in [0.717, 1.165) is 6.26 Å². The van der Waals surface area contributed by atoms with Gasteiger partial charge in [0.2, 0.25) is 0 Å². The van der Waals surface area contributed by atoms with E-state index in [1.165, 1.54) is 25.3 Å². The molecular formula is C24H31ClN4O7S. The molecule has 1 amide bonds. The molecule has 37 heavy (non-hydrogen) atoms. The van der Waals surface area contributed by atoms with Crippen LogP contribution in [0.15, 0.2) is 40.0 Å². The second kappa shape index (κ2) is 12.1. The standard InChI is InChI=1S/C24H31ClN4O7S/c1-14(24(32)36-13-15-4-6-16(7-5-15)37(3,33)34)11-29-9-8-19(20(12-29)35-2)27-22(30)17-10-18(25)21(26)28-23(17)31/h4-7,10,14,19-20H,8-9,11-13H2,1-3H3,(H,27,30)(H3,26,28,31)/t14?,19-,20+/m0/s1. The summed E-state index contributed by atoms with van der Waals surface area (Å²) in [4.78, 5) is 41.9. The lowest BCUT2D eigenvalue weighted by molar-refractivity contribution is -0.150. The number of rotatable bonds is 9. The molecule has 2 heterocycles. The van der Waals surface area contributed by atoms with Gasteiger partial charge in [0.1, 0.15) is 18.0 Å². The van der Waals surface area contributed by atoms with Crippen LogP contribution in [0.2, 0.25) is 5.02 Å². The SMILES string of the molecule is CO[C@@H]1CN(CC(C)C(=O)OCc2ccc(S(C)(=O)=O)cc2)CC[C@@H]1NC(=O)c1cc(Cl)c(N)[nH]c1=O. The minimum atomic E-state index is -3.29. The number of methoxy groups -OCH3 is 1. The number of pyridine rings is 1. The largest absolute Gasteiger partial charge is 0.461 e. The van der Waals surface area contributed by atoms with Crippen LogP contribution < -0.4 is 16.6 Å². The van der Waals surface area contributed by atoms with E-state index in [0.29, 0.717) is 31.6 Å². The van der Waals surface area contributed by atoms with E-state index in [2.05, 4.69) is 15.2 Å². The fourth-order valence-electron chi connectivity index (χ4n) is 4.08. The first kappa shape index (κ1) is 28.6. The molecule has 1 saturated heterocycles. The summed E-state index contributed by atoms with van der Waals surface area (Å²) in [5.74, 6) is -1.39. The number of likely N-dealkylation sites (tertiary alicyclic amines) is 1. The summed E-state index contributed by atoms with van der Waals surface area (Å²) in [5.41, 5.74) is 5.47. The van der Waals surface area contributed by atoms with E-state index in [1.807, 2.05) is 0 Å². The number of nitrogens with one attached hydrogen (secondary N) is 2. The molecule has 0 radical (unpaired) electrons. The quantitative estimate of drug-likeness (QED) is 0.387. The average molecular weight is 555 g/mol. The molecule has 0 saturated carbocycles. The summed E-state index contributed by atoms with van der Waals surface area (Å²) in [7, 11) is -1.75. The molecule has 0 aliphatic carbocycles. The number of carbonyl (C=O) groups is 2. The van der Waals surface area contributed by atoms with Crippen molar-refractivity contribution in [2.75, 3.05) is 38.7 Å². The predicted octanol–water partition coefficient (Wildman–Crippen LogP) is 1.21. The molecule has 1 fully saturated rings. The van der Waals surface area contributed by atoms with Gasteiger partial charge >= 0.3 is 5.97 Å². The first-order valence-electron chi connectivity index (χ1n) is 11.6. The van der Waals surface area contributed by atoms with Gasteiger partial charge in [0.15, 0.2) is 9.84 Å². The van der Waals surface area contributed by atoms with Gasteiger partial charge in [-0.15, -0.1) is 0 Å². The Hall–Kier alpha value is -2.93. The molecule has 1 aromatic carbocycles. The third-order valence-corrected chi connectivity index (χ3v) is 7.64. The second-order valence-corrected chi connectivity index (χ2v) is 11.5. The molecule has 11 nitrogen and oxygen atoms in total. The first-order chi connectivity index (χ1) is 17.4. The van der Waals surface area contributed by atoms with Gasteiger partial charge in [0, 0.05) is 33.0 Å². The van der Waals surface area contributed by atoms with Crippen LogP contribution in [0.4, 0.5) is 5.82 Å². The number of aromatic amines is 1. The molecule has 1 aromatic heterocycles. The Morgan fingerprint density at radius 3 is 2.59 bits per heavy atom. The number of nitrogens with two attached hydrogens (primary N) is 1. The zero-order valence-corrected chi connectivity index (χ0v) is 22.4. The summed E-state index contributed by atoms with van der Waals surface area (Å²) in [5, 5.41) is 2.91. The Balaban J connectivity index is 1.51. The minimum absolute atomic E-state index is 0.0104. The second-order valence-electron chi connectivity index (χ2n) is 9.10. The van der Waals surface area contributed by atoms with Gasteiger partial charge in [-0.25, -0.2) is 8.42 Å². The highest BCUT2D eigenvalue weighted by molar-refractivity contribution is 7.90. The molecule has 13 heteroatoms. The predicted molar refractivity (Wildman–Crippen MR) is 138 cm³/mol. The summed E-state index contributed by atoms with van der Waals surface area (Å²) in [6.45, 7) is 3.29. The molecule has 1 aliphatic rings. The molecule has 0 spiro atoms. The normalized spacial score (nSPS) is 19.2. The van der Waals surface area contributed by atoms with Crippen molar-refractivity contribution in [3.05, 3.63) is 56.8 Å². The molecule has 1 unspecified atom stereocenters. The molecule has 3 rings (SSSR count). The van der Waals surface area contributed by atoms with Gasteiger partial charge in [-0.05, 0) is 30.2 Å². The smallest absolute Gasteiger partial charge is 0.310 e. The summed E-state index contributed by atoms with van der Waals surface area (Å²) < 4.78 is 34.1. The maximum atomic E-state index is 12.7. The van der Waals surface area contributed by atoms with E-state index in [1.54, 1.807) is 19.1 Å². The molecule has 2 aromatic rings. The Bertz CT molecular complexity index is 1300. The summed E-state index contributed by atoms with van der Waals surface area (Å²) in [6.07, 6.45) is 1.31. The Labute approximate surface area is 220 Å². The summed E-state index contributed by atoms with van der Waals surface area (Å²) in [6, 6.07) is 7.07. The monoisotopic (exact) mass is 554 g/mol. The fourth-order valence-corrected chi connectivity index (χ4v) is 4.86. The number of nitrogens with zero attached hydrogens (tertiary/aromatic N) is 1. The number of H-pyrrole nitrogens is 1. The van der Waals surface area contributed by atoms with Crippen LogP contribution in [-0.2, 0) is 30.7 Å². The topological polar surface area (TPSA) is 161 Å². The number of halogens is 1. The molecule has 1 aliphatic heterocycles. The number of hydrogen-bond acceptors (Lipinski definition) is 9. The highest BCUT2D eigenvalue weighted by Crippen LogP contribution is 2.18. The lowest BCUT2D eigenvalue weighted by Crippen LogP contribution is -2.56. The zero-order chi connectivity index (χ0) is 27.3. The van der Waals surface area contributed by atoms with Gasteiger partial charge in [-0.3, -0.25) is 19.3 Å². The number of sulfone groups is 1. The van der Waals surface area contributed by atoms with E-state index < -0.39 is 27.2 Å². The number of benzene rings is 1. The van der Waals surface area contributed by atoms with Crippen molar-refractivity contribution in [2.24, 2.45) is 5.92 Å². The van der Waals surface area contributed by atoms with Gasteiger partial charge in [0.05, 0.1) is 28.0 Å². The van der Waals surface area contributed by atoms with Crippen molar-refractivity contribution in [3.8, 4) is 0 Å². The number of anilines is 1. The van der Waals surface area contributed by atoms with Gasteiger partial charge in [-0.2, -0.15) is 0 Å². The third-order valence-electron chi connectivity index (χ3n) is 6.20. The van der Waals surface area contributed by atoms with Crippen LogP contribution >= 0.6 is 11.6 Å². The number of amides is 1. The van der Waals surface area contributed by atoms with Crippen LogP contribution in [0.1, 0.15) is 29.3 Å². The van der Waals surface area contributed by atoms with Crippen molar-refractivity contribution >= 4 is 39.1 Å². The molecule has 202 valence electrons. The molecule has 0 bridgehead atoms. The van der Waals surface area contributed by atoms with Gasteiger partial charge in [-0.1, -0.05) is 30.7 Å². The van der Waals surface area contributed by atoms with E-state index >= 15 is 0 Å². The first-order valence-corrected chi connectivity index (χ1v) is 13.9. The van der Waals surface area contributed by atoms with Crippen LogP contribution in [0, 0.1) is 5.92 Å². The Kier molecular flexibility index (Phi) is 9.35. The van der Waals surface area contributed by atoms with Crippen molar-refractivity contribution < 1.29 is 27.5 Å². The van der Waals surface area contributed by atoms with Gasteiger partial charge < -0.3 is 25.5 Å². The number of piperidine rings is 1. The fraction of sp³-hybridized carbons (Fsp3) is 0.458. The third kappa shape index (κ3) is 7.54. The zero-order valence-electron chi connectivity index (χ0n) is 20.8. The number of nitrogen functional groups attached to an aromatic ring is 1. The number of aromatic nitrogens is 1. The highest BCUT2D eigenvalue weighted by atomic mass is 35.5. The number of esters is 1. The van der Waals surface area contributed by atoms with Gasteiger partial charge in [0.25, 0.3) is 11.5 Å². The number of hydrogen-bond donors (Lipinski definition) is 3. The Morgan fingerprint density at radius 1 is 1.30 bits per heavy atom. The van der Waals surface area contributed by atoms with Crippen molar-refractivity contribution in [3.63, 3.8) is 0 Å². The lowest BCUT2D eigenvalue weighted by Gasteiger charge is -2.38. The molecular weight excluding hydrogens is 524 g/mol. The van der Waals surface area contributed by atoms with Crippen molar-refractivity contribution in [2.45, 2.75) is 37.0 Å². The lowest BCUT2D eigenvalue weighted by atomic mass is 9.99. The number of carbonyl (C=O) groups excluding carboxylic acids is 2. The maximum absolute atomic E-state index is 12.7. The molecule has 3 atom stereocenters. The highest BCUT2D eigenvalue weighted by Gasteiger charge is 2.32.